The lowest BCUT2D eigenvalue weighted by Gasteiger charge is -2.46. The van der Waals surface area contributed by atoms with Gasteiger partial charge >= 0.3 is 0 Å². The van der Waals surface area contributed by atoms with Gasteiger partial charge in [-0.05, 0) is 124 Å². The maximum absolute atomic E-state index is 7.72. The number of hydrogen-bond acceptors (Lipinski definition) is 1. The highest BCUT2D eigenvalue weighted by molar-refractivity contribution is 7.20. The molecule has 3 saturated carbocycles. The van der Waals surface area contributed by atoms with Gasteiger partial charge in [0.05, 0.1) is 5.60 Å². The second-order valence-corrected chi connectivity index (χ2v) is 22.3. The molecular formula is C33H63ClOSi. The zero-order valence-electron chi connectivity index (χ0n) is 25.8. The van der Waals surface area contributed by atoms with E-state index >= 15 is 0 Å². The molecular weight excluding hydrogens is 476 g/mol. The topological polar surface area (TPSA) is 9.23 Å². The first kappa shape index (κ1) is 31.0. The first-order chi connectivity index (χ1) is 16.7. The van der Waals surface area contributed by atoms with Crippen LogP contribution in [0.2, 0.25) is 18.1 Å². The van der Waals surface area contributed by atoms with Crippen LogP contribution in [0.4, 0.5) is 0 Å². The van der Waals surface area contributed by atoms with Crippen molar-refractivity contribution < 1.29 is 4.74 Å². The van der Waals surface area contributed by atoms with E-state index in [4.69, 9.17) is 15.8 Å². The Bertz CT molecular complexity index is 652. The highest BCUT2D eigenvalue weighted by Gasteiger charge is 2.56. The Morgan fingerprint density at radius 1 is 0.806 bits per heavy atom. The Balaban J connectivity index is 1.58. The zero-order chi connectivity index (χ0) is 26.7. The Hall–Kier alpha value is 0.467. The monoisotopic (exact) mass is 538 g/mol. The molecule has 0 aromatic heterocycles. The van der Waals surface area contributed by atoms with Gasteiger partial charge in [0.15, 0.2) is 7.38 Å². The second-order valence-electron chi connectivity index (χ2n) is 16.0. The molecule has 0 amide bonds. The molecule has 3 heteroatoms. The van der Waals surface area contributed by atoms with Crippen LogP contribution in [0.5, 0.6) is 0 Å². The average Bonchev–Trinajstić information content (AvgIpc) is 3.18. The molecule has 212 valence electrons. The minimum absolute atomic E-state index is 0.00369. The van der Waals surface area contributed by atoms with Crippen molar-refractivity contribution in [2.24, 2.45) is 46.8 Å². The van der Waals surface area contributed by atoms with E-state index < -0.39 is 7.38 Å². The summed E-state index contributed by atoms with van der Waals surface area (Å²) in [5.41, 5.74) is 1.34. The minimum atomic E-state index is -1.78. The zero-order valence-corrected chi connectivity index (χ0v) is 27.6. The fraction of sp³-hybridized carbons (Fsp3) is 1.00. The smallest absolute Gasteiger partial charge is 0.157 e. The first-order valence-corrected chi connectivity index (χ1v) is 19.8. The minimum Gasteiger partial charge on any atom is -0.376 e. The maximum Gasteiger partial charge on any atom is 0.157 e. The number of unbranched alkanes of at least 4 members (excludes halogenated alkanes) is 3. The number of halogens is 1. The Morgan fingerprint density at radius 2 is 1.42 bits per heavy atom. The molecule has 6 unspecified atom stereocenters. The van der Waals surface area contributed by atoms with Gasteiger partial charge in [0.2, 0.25) is 0 Å². The number of fused-ring (bicyclic) bond motifs is 1. The van der Waals surface area contributed by atoms with Gasteiger partial charge in [-0.1, -0.05) is 73.3 Å². The molecule has 3 aliphatic rings. The van der Waals surface area contributed by atoms with Gasteiger partial charge in [0.1, 0.15) is 0 Å². The van der Waals surface area contributed by atoms with E-state index in [-0.39, 0.29) is 5.60 Å². The lowest BCUT2D eigenvalue weighted by molar-refractivity contribution is -0.00471. The average molecular weight is 539 g/mol. The van der Waals surface area contributed by atoms with E-state index in [9.17, 15) is 0 Å². The van der Waals surface area contributed by atoms with Gasteiger partial charge in [-0.15, -0.1) is 0 Å². The van der Waals surface area contributed by atoms with Gasteiger partial charge in [-0.3, -0.25) is 0 Å². The summed E-state index contributed by atoms with van der Waals surface area (Å²) < 4.78 is 5.92. The molecule has 1 nitrogen and oxygen atoms in total. The van der Waals surface area contributed by atoms with E-state index in [0.717, 1.165) is 53.6 Å². The third-order valence-electron chi connectivity index (χ3n) is 10.9. The van der Waals surface area contributed by atoms with Crippen LogP contribution in [0.15, 0.2) is 0 Å². The summed E-state index contributed by atoms with van der Waals surface area (Å²) in [4.78, 5) is 0. The quantitative estimate of drug-likeness (QED) is 0.152. The SMILES string of the molecule is CC(C)C1CC2C(C3CCC(C(C)(C)C)CC3)CCCC2C1[Si](C)(Cl)CCCCCCOC(C)(C)C. The van der Waals surface area contributed by atoms with Crippen LogP contribution in [0.3, 0.4) is 0 Å². The summed E-state index contributed by atoms with van der Waals surface area (Å²) in [5.74, 6) is 6.52. The molecule has 3 aliphatic carbocycles. The van der Waals surface area contributed by atoms with Crippen molar-refractivity contribution >= 4 is 18.5 Å². The van der Waals surface area contributed by atoms with Gasteiger partial charge in [0.25, 0.3) is 0 Å². The summed E-state index contributed by atoms with van der Waals surface area (Å²) in [6.07, 6.45) is 17.1. The number of ether oxygens (including phenoxy) is 1. The van der Waals surface area contributed by atoms with E-state index in [1.54, 1.807) is 0 Å². The molecule has 3 fully saturated rings. The highest BCUT2D eigenvalue weighted by Crippen LogP contribution is 2.63. The van der Waals surface area contributed by atoms with Crippen molar-refractivity contribution in [3.8, 4) is 0 Å². The standard InChI is InChI=1S/C33H63ClOSi/c1-24(2)29-23-30-27(25-17-19-26(20-18-25)32(3,4)5)15-14-16-28(30)31(29)36(9,34)22-13-11-10-12-21-35-33(6,7)8/h24-31H,10-23H2,1-9H3. The molecule has 0 spiro atoms. The van der Waals surface area contributed by atoms with E-state index in [1.807, 2.05) is 0 Å². The van der Waals surface area contributed by atoms with Crippen LogP contribution in [0.25, 0.3) is 0 Å². The molecule has 0 radical (unpaired) electrons. The summed E-state index contributed by atoms with van der Waals surface area (Å²) >= 11 is 7.72. The van der Waals surface area contributed by atoms with Crippen LogP contribution in [0.1, 0.15) is 132 Å². The van der Waals surface area contributed by atoms with Crippen molar-refractivity contribution in [3.05, 3.63) is 0 Å². The summed E-state index contributed by atoms with van der Waals surface area (Å²) in [6.45, 7) is 22.4. The van der Waals surface area contributed by atoms with Gasteiger partial charge in [-0.25, -0.2) is 0 Å². The lowest BCUT2D eigenvalue weighted by Crippen LogP contribution is -2.40. The molecule has 0 aromatic rings. The molecule has 0 bridgehead atoms. The molecule has 0 saturated heterocycles. The predicted molar refractivity (Wildman–Crippen MR) is 162 cm³/mol. The van der Waals surface area contributed by atoms with Crippen LogP contribution in [-0.4, -0.2) is 19.6 Å². The Morgan fingerprint density at radius 3 is 2.00 bits per heavy atom. The fourth-order valence-electron chi connectivity index (χ4n) is 8.96. The van der Waals surface area contributed by atoms with Gasteiger partial charge in [-0.2, -0.15) is 11.1 Å². The molecule has 0 aromatic carbocycles. The van der Waals surface area contributed by atoms with Crippen LogP contribution >= 0.6 is 11.1 Å². The number of rotatable bonds is 10. The fourth-order valence-corrected chi connectivity index (χ4v) is 14.3. The Labute approximate surface area is 232 Å². The van der Waals surface area contributed by atoms with E-state index in [2.05, 4.69) is 61.9 Å². The Kier molecular flexibility index (Phi) is 11.0. The van der Waals surface area contributed by atoms with Crippen LogP contribution in [0, 0.1) is 46.8 Å². The maximum atomic E-state index is 7.72. The summed E-state index contributed by atoms with van der Waals surface area (Å²) in [6, 6.07) is 1.33. The van der Waals surface area contributed by atoms with Crippen LogP contribution < -0.4 is 0 Å². The van der Waals surface area contributed by atoms with E-state index in [0.29, 0.717) is 5.41 Å². The largest absolute Gasteiger partial charge is 0.376 e. The molecule has 6 atom stereocenters. The van der Waals surface area contributed by atoms with Crippen LogP contribution in [-0.2, 0) is 4.74 Å². The third-order valence-corrected chi connectivity index (χ3v) is 15.8. The normalized spacial score (nSPS) is 35.6. The number of hydrogen-bond donors (Lipinski definition) is 0. The molecule has 36 heavy (non-hydrogen) atoms. The summed E-state index contributed by atoms with van der Waals surface area (Å²) in [7, 11) is -1.78. The van der Waals surface area contributed by atoms with Gasteiger partial charge in [0, 0.05) is 6.61 Å². The van der Waals surface area contributed by atoms with Gasteiger partial charge < -0.3 is 4.74 Å². The second kappa shape index (κ2) is 12.8. The van der Waals surface area contributed by atoms with Crippen molar-refractivity contribution in [1.82, 2.24) is 0 Å². The molecule has 0 N–H and O–H groups in total. The van der Waals surface area contributed by atoms with Crippen molar-refractivity contribution in [2.75, 3.05) is 6.61 Å². The van der Waals surface area contributed by atoms with Crippen molar-refractivity contribution in [1.29, 1.82) is 0 Å². The highest BCUT2D eigenvalue weighted by atomic mass is 35.6. The third kappa shape index (κ3) is 8.24. The molecule has 0 aliphatic heterocycles. The van der Waals surface area contributed by atoms with E-state index in [1.165, 1.54) is 83.1 Å². The predicted octanol–water partition coefficient (Wildman–Crippen LogP) is 11.1. The molecule has 3 rings (SSSR count). The van der Waals surface area contributed by atoms with Crippen molar-refractivity contribution in [2.45, 2.75) is 156 Å². The summed E-state index contributed by atoms with van der Waals surface area (Å²) in [5, 5.41) is 0. The van der Waals surface area contributed by atoms with Crippen molar-refractivity contribution in [3.63, 3.8) is 0 Å². The lowest BCUT2D eigenvalue weighted by atomic mass is 9.61. The molecule has 0 heterocycles. The first-order valence-electron chi connectivity index (χ1n) is 16.0.